The van der Waals surface area contributed by atoms with Crippen LogP contribution in [-0.2, 0) is 33.5 Å². The first-order chi connectivity index (χ1) is 16.8. The summed E-state index contributed by atoms with van der Waals surface area (Å²) < 4.78 is 5.59. The Labute approximate surface area is 217 Å². The number of carbonyl (C=O) groups excluding carboxylic acids is 5. The molecular formula is C20H34B2N6O9. The lowest BCUT2D eigenvalue weighted by Gasteiger charge is -2.29. The van der Waals surface area contributed by atoms with Crippen LogP contribution >= 0.6 is 0 Å². The molecule has 0 fully saturated rings. The molecule has 0 saturated heterocycles. The lowest BCUT2D eigenvalue weighted by Crippen LogP contribution is -2.62. The summed E-state index contributed by atoms with van der Waals surface area (Å²) in [4.78, 5) is 71.8. The summed E-state index contributed by atoms with van der Waals surface area (Å²) in [6.45, 7) is 7.20. The smallest absolute Gasteiger partial charge is 0.310 e. The molecule has 37 heavy (non-hydrogen) atoms. The second-order valence-electron chi connectivity index (χ2n) is 8.96. The maximum atomic E-state index is 12.5. The van der Waals surface area contributed by atoms with Gasteiger partial charge in [-0.25, -0.2) is 0 Å². The molecule has 0 unspecified atom stereocenters. The quantitative estimate of drug-likeness (QED) is 0.0709. The molecule has 0 aromatic rings. The number of aliphatic hydroxyl groups excluding tert-OH is 1. The molecule has 0 aliphatic rings. The Hall–Kier alpha value is -3.17. The van der Waals surface area contributed by atoms with Crippen molar-refractivity contribution in [1.82, 2.24) is 26.6 Å². The Morgan fingerprint density at radius 1 is 0.919 bits per heavy atom. The number of ether oxygens (including phenoxy) is 1. The fourth-order valence-electron chi connectivity index (χ4n) is 2.79. The molecule has 0 heterocycles. The fraction of sp³-hybridized carbons (Fsp3) is 0.700. The molecule has 3 atom stereocenters. The minimum absolute atomic E-state index is 0.117. The van der Waals surface area contributed by atoms with Crippen molar-refractivity contribution < 1.29 is 43.7 Å². The topological polar surface area (TPSA) is 238 Å². The second-order valence-corrected chi connectivity index (χ2v) is 8.96. The van der Waals surface area contributed by atoms with Crippen LogP contribution in [0.5, 0.6) is 0 Å². The first-order valence-electron chi connectivity index (χ1n) is 11.2. The van der Waals surface area contributed by atoms with Gasteiger partial charge >= 0.3 is 5.97 Å². The molecule has 0 rings (SSSR count). The second kappa shape index (κ2) is 14.5. The first-order valence-corrected chi connectivity index (χ1v) is 11.2. The first kappa shape index (κ1) is 33.8. The number of carboxylic acids is 1. The van der Waals surface area contributed by atoms with E-state index in [-0.39, 0.29) is 12.6 Å². The third-order valence-corrected chi connectivity index (χ3v) is 4.51. The highest BCUT2D eigenvalue weighted by Gasteiger charge is 2.33. The van der Waals surface area contributed by atoms with E-state index >= 15 is 0 Å². The van der Waals surface area contributed by atoms with Crippen LogP contribution in [0.15, 0.2) is 0 Å². The van der Waals surface area contributed by atoms with Gasteiger partial charge in [0.15, 0.2) is 0 Å². The maximum Gasteiger partial charge on any atom is 0.310 e. The molecule has 15 nitrogen and oxygen atoms in total. The molecule has 17 heteroatoms. The van der Waals surface area contributed by atoms with E-state index < -0.39 is 77.7 Å². The van der Waals surface area contributed by atoms with Crippen molar-refractivity contribution in [1.29, 1.82) is 0 Å². The summed E-state index contributed by atoms with van der Waals surface area (Å²) in [5.41, 5.74) is 4.22. The number of carbonyl (C=O) groups is 6. The van der Waals surface area contributed by atoms with E-state index in [4.69, 9.17) is 31.3 Å². The molecule has 4 radical (unpaired) electrons. The summed E-state index contributed by atoms with van der Waals surface area (Å²) in [6, 6.07) is -4.43. The summed E-state index contributed by atoms with van der Waals surface area (Å²) >= 11 is 0. The number of hydrogen-bond donors (Lipinski definition) is 8. The van der Waals surface area contributed by atoms with Crippen molar-refractivity contribution in [2.45, 2.75) is 76.3 Å². The summed E-state index contributed by atoms with van der Waals surface area (Å²) in [7, 11) is 10.5. The third-order valence-electron chi connectivity index (χ3n) is 4.51. The van der Waals surface area contributed by atoms with Gasteiger partial charge < -0.3 is 42.0 Å². The number of primary amides is 1. The lowest BCUT2D eigenvalue weighted by atomic mass is 9.62. The van der Waals surface area contributed by atoms with E-state index in [0.29, 0.717) is 0 Å². The summed E-state index contributed by atoms with van der Waals surface area (Å²) in [6.07, 6.45) is -0.860. The molecule has 0 aliphatic heterocycles. The van der Waals surface area contributed by atoms with Crippen LogP contribution in [0.2, 0.25) is 0 Å². The van der Waals surface area contributed by atoms with Crippen molar-refractivity contribution in [3.8, 4) is 0 Å². The van der Waals surface area contributed by atoms with Crippen molar-refractivity contribution in [2.75, 3.05) is 13.2 Å². The van der Waals surface area contributed by atoms with Gasteiger partial charge in [-0.2, -0.15) is 0 Å². The van der Waals surface area contributed by atoms with E-state index in [1.807, 2.05) is 13.8 Å². The van der Waals surface area contributed by atoms with Crippen LogP contribution < -0.4 is 32.3 Å². The monoisotopic (exact) mass is 524 g/mol. The van der Waals surface area contributed by atoms with E-state index in [2.05, 4.69) is 21.3 Å². The number of hydrogen-bond acceptors (Lipinski definition) is 9. The standard InChI is InChI=1S/C20H34B2N6O9/c1-9(2)37-19(4,5)24-7-14(31)26-12(8-29)16(33)25-10(3)15(32)27-11(6-13(23)30)17(34)28-20(21,22)18(35)36/h9-12,24,29H,6-8H2,1-5H3,(H2,23,30)(H,25,33)(H,26,31)(H,27,32)(H,28,34)(H,35,36)/t10-,11-,12-/m0/s1. The van der Waals surface area contributed by atoms with E-state index in [9.17, 15) is 33.9 Å². The Morgan fingerprint density at radius 2 is 1.49 bits per heavy atom. The predicted molar refractivity (Wildman–Crippen MR) is 131 cm³/mol. The third kappa shape index (κ3) is 13.1. The fourth-order valence-corrected chi connectivity index (χ4v) is 2.79. The molecule has 0 bridgehead atoms. The van der Waals surface area contributed by atoms with Crippen molar-refractivity contribution in [3.05, 3.63) is 0 Å². The molecule has 9 N–H and O–H groups in total. The van der Waals surface area contributed by atoms with Crippen LogP contribution in [0.4, 0.5) is 0 Å². The molecule has 0 aromatic heterocycles. The van der Waals surface area contributed by atoms with E-state index in [1.54, 1.807) is 19.2 Å². The minimum atomic E-state index is -2.70. The van der Waals surface area contributed by atoms with E-state index in [1.165, 1.54) is 6.92 Å². The van der Waals surface area contributed by atoms with Crippen LogP contribution in [0.25, 0.3) is 0 Å². The molecule has 0 aliphatic carbocycles. The number of aliphatic hydroxyl groups is 1. The molecule has 204 valence electrons. The highest BCUT2D eigenvalue weighted by Crippen LogP contribution is 2.07. The molecule has 0 spiro atoms. The van der Waals surface area contributed by atoms with Gasteiger partial charge in [-0.15, -0.1) is 0 Å². The number of carboxylic acid groups (broad SMARTS) is 1. The van der Waals surface area contributed by atoms with Crippen molar-refractivity contribution in [2.24, 2.45) is 5.73 Å². The SMILES string of the molecule is [B]C([B])(NC(=O)[C@H](CC(N)=O)NC(=O)[C@H](C)NC(=O)[C@H](CO)NC(=O)CNC(C)(C)OC(C)C)C(=O)O. The van der Waals surface area contributed by atoms with Gasteiger partial charge in [-0.05, 0) is 34.6 Å². The van der Waals surface area contributed by atoms with E-state index in [0.717, 1.165) is 0 Å². The predicted octanol–water partition coefficient (Wildman–Crippen LogP) is -4.73. The summed E-state index contributed by atoms with van der Waals surface area (Å²) in [5.74, 6) is -6.60. The van der Waals surface area contributed by atoms with Gasteiger partial charge in [0.1, 0.15) is 39.5 Å². The van der Waals surface area contributed by atoms with Gasteiger partial charge in [0.05, 0.1) is 31.0 Å². The number of rotatable bonds is 16. The zero-order valence-corrected chi connectivity index (χ0v) is 21.4. The van der Waals surface area contributed by atoms with Gasteiger partial charge in [-0.3, -0.25) is 34.1 Å². The molecule has 0 aromatic carbocycles. The molecular weight excluding hydrogens is 490 g/mol. The minimum Gasteiger partial charge on any atom is -0.481 e. The number of amides is 5. The Kier molecular flexibility index (Phi) is 13.3. The van der Waals surface area contributed by atoms with Crippen molar-refractivity contribution in [3.63, 3.8) is 0 Å². The van der Waals surface area contributed by atoms with Crippen LogP contribution in [0.1, 0.15) is 41.0 Å². The number of nitrogens with one attached hydrogen (secondary N) is 5. The Balaban J connectivity index is 5.11. The van der Waals surface area contributed by atoms with Gasteiger partial charge in [0.2, 0.25) is 29.5 Å². The maximum absolute atomic E-state index is 12.5. The number of aliphatic carboxylic acids is 1. The molecule has 5 amide bonds. The normalized spacial score (nSPS) is 14.1. The number of nitrogens with two attached hydrogens (primary N) is 1. The van der Waals surface area contributed by atoms with Gasteiger partial charge in [0, 0.05) is 0 Å². The average molecular weight is 524 g/mol. The highest BCUT2D eigenvalue weighted by molar-refractivity contribution is 6.51. The van der Waals surface area contributed by atoms with Gasteiger partial charge in [0.25, 0.3) is 0 Å². The lowest BCUT2D eigenvalue weighted by molar-refractivity contribution is -0.141. The molecule has 0 saturated carbocycles. The zero-order valence-electron chi connectivity index (χ0n) is 21.4. The highest BCUT2D eigenvalue weighted by atomic mass is 16.5. The van der Waals surface area contributed by atoms with Crippen LogP contribution in [0, 0.1) is 0 Å². The summed E-state index contributed by atoms with van der Waals surface area (Å²) in [5, 5.41) is 27.0. The van der Waals surface area contributed by atoms with Crippen molar-refractivity contribution >= 4 is 51.2 Å². The Bertz CT molecular complexity index is 869. The Morgan fingerprint density at radius 3 is 1.95 bits per heavy atom. The largest absolute Gasteiger partial charge is 0.481 e. The van der Waals surface area contributed by atoms with Gasteiger partial charge in [-0.1, -0.05) is 0 Å². The average Bonchev–Trinajstić information content (AvgIpc) is 2.73. The van der Waals surface area contributed by atoms with Crippen LogP contribution in [-0.4, -0.2) is 110 Å². The zero-order chi connectivity index (χ0) is 29.1. The van der Waals surface area contributed by atoms with Crippen LogP contribution in [0.3, 0.4) is 0 Å².